The van der Waals surface area contributed by atoms with E-state index < -0.39 is 5.97 Å². The van der Waals surface area contributed by atoms with Gasteiger partial charge in [0.25, 0.3) is 0 Å². The summed E-state index contributed by atoms with van der Waals surface area (Å²) in [4.78, 5) is 23.9. The Bertz CT molecular complexity index is 1090. The molecule has 0 aliphatic carbocycles. The number of unbranched alkanes of at least 4 members (excludes halogenated alkanes) is 3. The van der Waals surface area contributed by atoms with Gasteiger partial charge in [0.2, 0.25) is 0 Å². The van der Waals surface area contributed by atoms with Gasteiger partial charge in [-0.1, -0.05) is 36.6 Å². The van der Waals surface area contributed by atoms with Crippen LogP contribution in [0.2, 0.25) is 5.02 Å². The van der Waals surface area contributed by atoms with Gasteiger partial charge in [-0.2, -0.15) is 0 Å². The molecule has 0 saturated heterocycles. The first kappa shape index (κ1) is 24.0. The molecule has 0 unspecified atom stereocenters. The standard InChI is InChI=1S/C26H29ClFNO3/c1-29-22-16-13-19(27)17-21(22)26(24(30)9-6-10-25(31)32)23(29)8-5-3-2-4-7-18-11-14-20(28)15-12-18/h11-17H,2-10H2,1H3,(H,31,32). The van der Waals surface area contributed by atoms with Gasteiger partial charge in [-0.05, 0) is 68.0 Å². The van der Waals surface area contributed by atoms with Gasteiger partial charge in [0.15, 0.2) is 5.78 Å². The second kappa shape index (κ2) is 11.3. The van der Waals surface area contributed by atoms with E-state index in [1.807, 2.05) is 37.4 Å². The normalized spacial score (nSPS) is 11.2. The Kier molecular flexibility index (Phi) is 8.46. The van der Waals surface area contributed by atoms with Gasteiger partial charge >= 0.3 is 5.97 Å². The molecule has 170 valence electrons. The van der Waals surface area contributed by atoms with E-state index in [-0.39, 0.29) is 24.4 Å². The van der Waals surface area contributed by atoms with Crippen molar-refractivity contribution in [3.63, 3.8) is 0 Å². The summed E-state index contributed by atoms with van der Waals surface area (Å²) in [5.41, 5.74) is 3.77. The zero-order chi connectivity index (χ0) is 23.1. The maximum Gasteiger partial charge on any atom is 0.303 e. The Hall–Kier alpha value is -2.66. The van der Waals surface area contributed by atoms with E-state index >= 15 is 0 Å². The van der Waals surface area contributed by atoms with Crippen LogP contribution in [0.5, 0.6) is 0 Å². The van der Waals surface area contributed by atoms with E-state index in [2.05, 4.69) is 4.57 Å². The molecule has 0 spiro atoms. The number of fused-ring (bicyclic) bond motifs is 1. The molecular formula is C26H29ClFNO3. The first-order valence-electron chi connectivity index (χ1n) is 11.1. The first-order valence-corrected chi connectivity index (χ1v) is 11.5. The van der Waals surface area contributed by atoms with Crippen LogP contribution in [0.4, 0.5) is 4.39 Å². The van der Waals surface area contributed by atoms with Crippen molar-refractivity contribution < 1.29 is 19.1 Å². The Morgan fingerprint density at radius 1 is 0.938 bits per heavy atom. The highest BCUT2D eigenvalue weighted by Gasteiger charge is 2.21. The lowest BCUT2D eigenvalue weighted by molar-refractivity contribution is -0.137. The van der Waals surface area contributed by atoms with E-state index in [0.29, 0.717) is 17.0 Å². The number of aryl methyl sites for hydroxylation is 2. The van der Waals surface area contributed by atoms with Crippen molar-refractivity contribution in [2.75, 3.05) is 0 Å². The largest absolute Gasteiger partial charge is 0.481 e. The van der Waals surface area contributed by atoms with Crippen molar-refractivity contribution in [2.24, 2.45) is 7.05 Å². The van der Waals surface area contributed by atoms with Gasteiger partial charge in [0, 0.05) is 47.1 Å². The van der Waals surface area contributed by atoms with Gasteiger partial charge < -0.3 is 9.67 Å². The molecule has 1 N–H and O–H groups in total. The third kappa shape index (κ3) is 6.19. The summed E-state index contributed by atoms with van der Waals surface area (Å²) in [6.07, 6.45) is 6.33. The van der Waals surface area contributed by atoms with Crippen LogP contribution in [0.1, 0.15) is 66.6 Å². The molecule has 0 saturated carbocycles. The first-order chi connectivity index (χ1) is 15.4. The predicted octanol–water partition coefficient (Wildman–Crippen LogP) is 6.75. The lowest BCUT2D eigenvalue weighted by atomic mass is 9.98. The lowest BCUT2D eigenvalue weighted by Crippen LogP contribution is -2.07. The Balaban J connectivity index is 1.64. The Morgan fingerprint density at radius 3 is 2.31 bits per heavy atom. The van der Waals surface area contributed by atoms with E-state index in [9.17, 15) is 14.0 Å². The fourth-order valence-corrected chi connectivity index (χ4v) is 4.40. The van der Waals surface area contributed by atoms with Crippen LogP contribution >= 0.6 is 11.6 Å². The molecule has 3 rings (SSSR count). The number of carbonyl (C=O) groups excluding carboxylic acids is 1. The predicted molar refractivity (Wildman–Crippen MR) is 126 cm³/mol. The Labute approximate surface area is 193 Å². The number of hydrogen-bond donors (Lipinski definition) is 1. The molecule has 3 aromatic rings. The number of carbonyl (C=O) groups is 2. The summed E-state index contributed by atoms with van der Waals surface area (Å²) in [6.45, 7) is 0. The molecule has 0 fully saturated rings. The maximum atomic E-state index is 13.0. The summed E-state index contributed by atoms with van der Waals surface area (Å²) in [6, 6.07) is 12.2. The van der Waals surface area contributed by atoms with Crippen LogP contribution in [-0.2, 0) is 24.7 Å². The zero-order valence-corrected chi connectivity index (χ0v) is 19.1. The fraction of sp³-hybridized carbons (Fsp3) is 0.385. The van der Waals surface area contributed by atoms with Gasteiger partial charge in [-0.15, -0.1) is 0 Å². The van der Waals surface area contributed by atoms with E-state index in [4.69, 9.17) is 16.7 Å². The lowest BCUT2D eigenvalue weighted by Gasteiger charge is -2.08. The highest BCUT2D eigenvalue weighted by Crippen LogP contribution is 2.30. The summed E-state index contributed by atoms with van der Waals surface area (Å²) in [7, 11) is 1.97. The van der Waals surface area contributed by atoms with Crippen molar-refractivity contribution in [2.45, 2.75) is 57.8 Å². The van der Waals surface area contributed by atoms with Gasteiger partial charge in [-0.25, -0.2) is 4.39 Å². The average molecular weight is 458 g/mol. The second-order valence-electron chi connectivity index (χ2n) is 8.25. The topological polar surface area (TPSA) is 59.3 Å². The minimum absolute atomic E-state index is 0.0132. The highest BCUT2D eigenvalue weighted by atomic mass is 35.5. The number of Topliss-reactive ketones (excluding diaryl/α,β-unsaturated/α-hetero) is 1. The fourth-order valence-electron chi connectivity index (χ4n) is 4.22. The summed E-state index contributed by atoms with van der Waals surface area (Å²) in [5.74, 6) is -1.12. The second-order valence-corrected chi connectivity index (χ2v) is 8.69. The molecular weight excluding hydrogens is 429 g/mol. The minimum Gasteiger partial charge on any atom is -0.481 e. The molecule has 32 heavy (non-hydrogen) atoms. The number of halogens is 2. The van der Waals surface area contributed by atoms with Crippen LogP contribution in [0.15, 0.2) is 42.5 Å². The van der Waals surface area contributed by atoms with Crippen molar-refractivity contribution >= 4 is 34.3 Å². The minimum atomic E-state index is -0.889. The SMILES string of the molecule is Cn1c(CCCCCCc2ccc(F)cc2)c(C(=O)CCCC(=O)O)c2cc(Cl)ccc21. The molecule has 0 radical (unpaired) electrons. The van der Waals surface area contributed by atoms with Gasteiger partial charge in [0.1, 0.15) is 5.82 Å². The summed E-state index contributed by atoms with van der Waals surface area (Å²) >= 11 is 6.20. The molecule has 0 atom stereocenters. The summed E-state index contributed by atoms with van der Waals surface area (Å²) < 4.78 is 15.1. The summed E-state index contributed by atoms with van der Waals surface area (Å²) in [5, 5.41) is 10.3. The van der Waals surface area contributed by atoms with Gasteiger partial charge in [-0.3, -0.25) is 9.59 Å². The molecule has 1 heterocycles. The van der Waals surface area contributed by atoms with E-state index in [1.54, 1.807) is 0 Å². The smallest absolute Gasteiger partial charge is 0.303 e. The molecule has 0 aliphatic heterocycles. The number of nitrogens with zero attached hydrogens (tertiary/aromatic N) is 1. The number of rotatable bonds is 12. The number of aromatic nitrogens is 1. The highest BCUT2D eigenvalue weighted by molar-refractivity contribution is 6.31. The molecule has 0 amide bonds. The number of hydrogen-bond acceptors (Lipinski definition) is 2. The monoisotopic (exact) mass is 457 g/mol. The molecule has 6 heteroatoms. The molecule has 1 aromatic heterocycles. The number of aliphatic carboxylic acids is 1. The van der Waals surface area contributed by atoms with Crippen LogP contribution in [-0.4, -0.2) is 21.4 Å². The number of carboxylic acid groups (broad SMARTS) is 1. The number of benzene rings is 2. The van der Waals surface area contributed by atoms with Crippen LogP contribution in [0, 0.1) is 5.82 Å². The Morgan fingerprint density at radius 2 is 1.62 bits per heavy atom. The third-order valence-electron chi connectivity index (χ3n) is 5.90. The van der Waals surface area contributed by atoms with E-state index in [1.165, 1.54) is 12.1 Å². The van der Waals surface area contributed by atoms with Crippen LogP contribution in [0.3, 0.4) is 0 Å². The average Bonchev–Trinajstić information content (AvgIpc) is 3.02. The zero-order valence-electron chi connectivity index (χ0n) is 18.4. The molecule has 2 aromatic carbocycles. The third-order valence-corrected chi connectivity index (χ3v) is 6.13. The van der Waals surface area contributed by atoms with Crippen molar-refractivity contribution in [3.8, 4) is 0 Å². The number of ketones is 1. The quantitative estimate of drug-likeness (QED) is 0.241. The van der Waals surface area contributed by atoms with Crippen LogP contribution in [0.25, 0.3) is 10.9 Å². The van der Waals surface area contributed by atoms with Crippen molar-refractivity contribution in [1.82, 2.24) is 4.57 Å². The van der Waals surface area contributed by atoms with Crippen molar-refractivity contribution in [1.29, 1.82) is 0 Å². The number of carboxylic acids is 1. The molecule has 0 aliphatic rings. The van der Waals surface area contributed by atoms with Crippen LogP contribution < -0.4 is 0 Å². The van der Waals surface area contributed by atoms with Crippen molar-refractivity contribution in [3.05, 3.63) is 70.1 Å². The molecule has 4 nitrogen and oxygen atoms in total. The van der Waals surface area contributed by atoms with Gasteiger partial charge in [0.05, 0.1) is 0 Å². The van der Waals surface area contributed by atoms with E-state index in [0.717, 1.165) is 60.7 Å². The maximum absolute atomic E-state index is 13.0. The molecule has 0 bridgehead atoms.